The standard InChI is InChI=1S/C21H32N4O4S/c1-13-10-25(11-14(2)29-13)20-22-9-16-17(7-21(3,4)8-18(16)24-20)23-19(26)15-5-6-30(27,28)12-15/h9,13-15,17H,5-8,10-12H2,1-4H3,(H,23,26). The SMILES string of the molecule is CC1CN(c2ncc3c(n2)CC(C)(C)CC3NC(=O)C2CCS(=O)(=O)C2)CC(C)O1. The minimum absolute atomic E-state index is 0.0239. The number of aromatic nitrogens is 2. The Morgan fingerprint density at radius 2 is 1.97 bits per heavy atom. The van der Waals surface area contributed by atoms with Gasteiger partial charge >= 0.3 is 0 Å². The van der Waals surface area contributed by atoms with Crippen molar-refractivity contribution in [1.82, 2.24) is 15.3 Å². The molecule has 4 unspecified atom stereocenters. The van der Waals surface area contributed by atoms with E-state index >= 15 is 0 Å². The summed E-state index contributed by atoms with van der Waals surface area (Å²) in [5.41, 5.74) is 1.89. The summed E-state index contributed by atoms with van der Waals surface area (Å²) in [5.74, 6) is 0.121. The predicted octanol–water partition coefficient (Wildman–Crippen LogP) is 1.65. The van der Waals surface area contributed by atoms with E-state index in [-0.39, 0.29) is 41.1 Å². The molecule has 1 aromatic rings. The number of sulfone groups is 1. The molecule has 0 saturated carbocycles. The Labute approximate surface area is 178 Å². The summed E-state index contributed by atoms with van der Waals surface area (Å²) in [4.78, 5) is 24.4. The Hall–Kier alpha value is -1.74. The Morgan fingerprint density at radius 3 is 2.60 bits per heavy atom. The normalized spacial score (nSPS) is 32.5. The number of anilines is 1. The molecular weight excluding hydrogens is 404 g/mol. The molecular formula is C21H32N4O4S. The van der Waals surface area contributed by atoms with E-state index in [0.717, 1.165) is 37.2 Å². The van der Waals surface area contributed by atoms with Gasteiger partial charge in [-0.3, -0.25) is 4.79 Å². The number of hydrogen-bond donors (Lipinski definition) is 1. The molecule has 2 saturated heterocycles. The Bertz CT molecular complexity index is 923. The van der Waals surface area contributed by atoms with Crippen LogP contribution < -0.4 is 10.2 Å². The van der Waals surface area contributed by atoms with Crippen LogP contribution in [0.3, 0.4) is 0 Å². The number of nitrogens with one attached hydrogen (secondary N) is 1. The first-order chi connectivity index (χ1) is 14.0. The zero-order valence-corrected chi connectivity index (χ0v) is 19.0. The fraction of sp³-hybridized carbons (Fsp3) is 0.762. The monoisotopic (exact) mass is 436 g/mol. The van der Waals surface area contributed by atoms with Crippen LogP contribution in [0, 0.1) is 11.3 Å². The molecule has 0 aromatic carbocycles. The lowest BCUT2D eigenvalue weighted by atomic mass is 9.74. The van der Waals surface area contributed by atoms with Crippen molar-refractivity contribution in [3.8, 4) is 0 Å². The van der Waals surface area contributed by atoms with Crippen molar-refractivity contribution in [3.05, 3.63) is 17.5 Å². The summed E-state index contributed by atoms with van der Waals surface area (Å²) in [5, 5.41) is 3.11. The summed E-state index contributed by atoms with van der Waals surface area (Å²) >= 11 is 0. The van der Waals surface area contributed by atoms with Crippen molar-refractivity contribution in [2.45, 2.75) is 65.2 Å². The molecule has 1 amide bonds. The van der Waals surface area contributed by atoms with Crippen molar-refractivity contribution >= 4 is 21.7 Å². The highest BCUT2D eigenvalue weighted by Gasteiger charge is 2.38. The summed E-state index contributed by atoms with van der Waals surface area (Å²) in [6, 6.07) is -0.198. The van der Waals surface area contributed by atoms with Crippen LogP contribution in [0.25, 0.3) is 0 Å². The van der Waals surface area contributed by atoms with Crippen LogP contribution in [-0.2, 0) is 25.8 Å². The highest BCUT2D eigenvalue weighted by Crippen LogP contribution is 2.40. The molecule has 4 atom stereocenters. The molecule has 9 heteroatoms. The van der Waals surface area contributed by atoms with Gasteiger partial charge in [-0.25, -0.2) is 18.4 Å². The molecule has 0 bridgehead atoms. The molecule has 0 radical (unpaired) electrons. The molecule has 3 aliphatic rings. The smallest absolute Gasteiger partial charge is 0.225 e. The van der Waals surface area contributed by atoms with E-state index < -0.39 is 15.8 Å². The highest BCUT2D eigenvalue weighted by molar-refractivity contribution is 7.91. The van der Waals surface area contributed by atoms with Crippen LogP contribution in [0.5, 0.6) is 0 Å². The maximum Gasteiger partial charge on any atom is 0.225 e. The zero-order chi connectivity index (χ0) is 21.7. The third kappa shape index (κ3) is 4.61. The van der Waals surface area contributed by atoms with E-state index in [2.05, 4.69) is 42.9 Å². The summed E-state index contributed by atoms with van der Waals surface area (Å²) in [6.07, 6.45) is 4.09. The van der Waals surface area contributed by atoms with Gasteiger partial charge in [-0.2, -0.15) is 0 Å². The number of rotatable bonds is 3. The van der Waals surface area contributed by atoms with Crippen LogP contribution in [0.15, 0.2) is 6.20 Å². The van der Waals surface area contributed by atoms with E-state index in [9.17, 15) is 13.2 Å². The Balaban J connectivity index is 1.56. The van der Waals surface area contributed by atoms with E-state index in [4.69, 9.17) is 9.72 Å². The number of fused-ring (bicyclic) bond motifs is 1. The van der Waals surface area contributed by atoms with Gasteiger partial charge in [-0.05, 0) is 38.5 Å². The summed E-state index contributed by atoms with van der Waals surface area (Å²) < 4.78 is 29.3. The predicted molar refractivity (Wildman–Crippen MR) is 114 cm³/mol. The third-order valence-corrected chi connectivity index (χ3v) is 8.06. The summed E-state index contributed by atoms with van der Waals surface area (Å²) in [6.45, 7) is 9.97. The maximum atomic E-state index is 12.8. The van der Waals surface area contributed by atoms with Crippen LogP contribution >= 0.6 is 0 Å². The van der Waals surface area contributed by atoms with E-state index in [0.29, 0.717) is 12.4 Å². The number of hydrogen-bond acceptors (Lipinski definition) is 7. The van der Waals surface area contributed by atoms with Crippen LogP contribution in [0.1, 0.15) is 57.8 Å². The molecule has 1 aliphatic carbocycles. The second-order valence-corrected chi connectivity index (χ2v) is 12.2. The minimum atomic E-state index is -3.09. The average molecular weight is 437 g/mol. The van der Waals surface area contributed by atoms with Gasteiger partial charge in [0.15, 0.2) is 9.84 Å². The minimum Gasteiger partial charge on any atom is -0.372 e. The highest BCUT2D eigenvalue weighted by atomic mass is 32.2. The number of nitrogens with zero attached hydrogens (tertiary/aromatic N) is 3. The maximum absolute atomic E-state index is 12.8. The van der Waals surface area contributed by atoms with Crippen molar-refractivity contribution < 1.29 is 17.9 Å². The quantitative estimate of drug-likeness (QED) is 0.769. The number of carbonyl (C=O) groups is 1. The van der Waals surface area contributed by atoms with Gasteiger partial charge in [0.1, 0.15) is 0 Å². The molecule has 0 spiro atoms. The number of amides is 1. The van der Waals surface area contributed by atoms with Crippen molar-refractivity contribution in [2.24, 2.45) is 11.3 Å². The number of ether oxygens (including phenoxy) is 1. The van der Waals surface area contributed by atoms with Gasteiger partial charge in [-0.1, -0.05) is 13.8 Å². The Morgan fingerprint density at radius 1 is 1.27 bits per heavy atom. The number of morpholine rings is 1. The van der Waals surface area contributed by atoms with Crippen LogP contribution in [0.4, 0.5) is 5.95 Å². The molecule has 2 fully saturated rings. The third-order valence-electron chi connectivity index (χ3n) is 6.29. The molecule has 1 aromatic heterocycles. The first-order valence-corrected chi connectivity index (χ1v) is 12.6. The molecule has 1 N–H and O–H groups in total. The largest absolute Gasteiger partial charge is 0.372 e. The molecule has 166 valence electrons. The van der Waals surface area contributed by atoms with Gasteiger partial charge < -0.3 is 15.0 Å². The van der Waals surface area contributed by atoms with Crippen molar-refractivity contribution in [1.29, 1.82) is 0 Å². The summed E-state index contributed by atoms with van der Waals surface area (Å²) in [7, 11) is -3.09. The lowest BCUT2D eigenvalue weighted by Gasteiger charge is -2.38. The lowest BCUT2D eigenvalue weighted by Crippen LogP contribution is -2.46. The fourth-order valence-electron chi connectivity index (χ4n) is 4.95. The zero-order valence-electron chi connectivity index (χ0n) is 18.2. The van der Waals surface area contributed by atoms with Gasteiger partial charge in [0.05, 0.1) is 41.4 Å². The molecule has 2 aliphatic heterocycles. The van der Waals surface area contributed by atoms with E-state index in [1.54, 1.807) is 0 Å². The molecule has 8 nitrogen and oxygen atoms in total. The number of carbonyl (C=O) groups excluding carboxylic acids is 1. The van der Waals surface area contributed by atoms with E-state index in [1.165, 1.54) is 0 Å². The van der Waals surface area contributed by atoms with Crippen molar-refractivity contribution in [3.63, 3.8) is 0 Å². The molecule has 30 heavy (non-hydrogen) atoms. The van der Waals surface area contributed by atoms with Gasteiger partial charge in [-0.15, -0.1) is 0 Å². The average Bonchev–Trinajstić information content (AvgIpc) is 2.99. The van der Waals surface area contributed by atoms with Gasteiger partial charge in [0.2, 0.25) is 11.9 Å². The first-order valence-electron chi connectivity index (χ1n) is 10.8. The van der Waals surface area contributed by atoms with Gasteiger partial charge in [0.25, 0.3) is 0 Å². The second-order valence-electron chi connectivity index (χ2n) is 9.94. The Kier molecular flexibility index (Phi) is 5.55. The second kappa shape index (κ2) is 7.75. The van der Waals surface area contributed by atoms with Gasteiger partial charge in [0, 0.05) is 24.8 Å². The van der Waals surface area contributed by atoms with E-state index in [1.807, 2.05) is 6.20 Å². The topological polar surface area (TPSA) is 101 Å². The first kappa shape index (κ1) is 21.5. The molecule has 3 heterocycles. The lowest BCUT2D eigenvalue weighted by molar-refractivity contribution is -0.125. The molecule has 4 rings (SSSR count). The van der Waals surface area contributed by atoms with Crippen LogP contribution in [-0.4, -0.2) is 61.1 Å². The fourth-order valence-corrected chi connectivity index (χ4v) is 6.69. The van der Waals surface area contributed by atoms with Crippen LogP contribution in [0.2, 0.25) is 0 Å². The van der Waals surface area contributed by atoms with Crippen molar-refractivity contribution in [2.75, 3.05) is 29.5 Å².